The number of alkyl halides is 3. The number of anilines is 3. The number of hydrogen-bond donors (Lipinski definition) is 2. The van der Waals surface area contributed by atoms with E-state index in [4.69, 9.17) is 16.3 Å². The predicted octanol–water partition coefficient (Wildman–Crippen LogP) is 4.19. The molecule has 1 aromatic heterocycles. The number of aromatic nitrogens is 2. The van der Waals surface area contributed by atoms with Gasteiger partial charge in [0.15, 0.2) is 0 Å². The van der Waals surface area contributed by atoms with Crippen LogP contribution in [0, 0.1) is 0 Å². The van der Waals surface area contributed by atoms with Crippen molar-refractivity contribution >= 4 is 41.0 Å². The molecule has 0 spiro atoms. The van der Waals surface area contributed by atoms with Crippen LogP contribution in [-0.2, 0) is 22.1 Å². The third-order valence-electron chi connectivity index (χ3n) is 5.33. The van der Waals surface area contributed by atoms with Gasteiger partial charge in [-0.3, -0.25) is 4.79 Å². The van der Waals surface area contributed by atoms with Gasteiger partial charge in [-0.2, -0.15) is 13.2 Å². The molecule has 1 amide bonds. The highest BCUT2D eigenvalue weighted by molar-refractivity contribution is 6.30. The number of hydrogen-bond acceptors (Lipinski definition) is 7. The number of carboxylic acid groups (broad SMARTS) is 1. The first-order valence-corrected chi connectivity index (χ1v) is 10.7. The summed E-state index contributed by atoms with van der Waals surface area (Å²) in [4.78, 5) is 33.4. The van der Waals surface area contributed by atoms with Crippen LogP contribution in [0.2, 0.25) is 5.15 Å². The van der Waals surface area contributed by atoms with Crippen molar-refractivity contribution in [3.8, 4) is 0 Å². The average Bonchev–Trinajstić information content (AvgIpc) is 2.77. The monoisotopic (exact) mass is 501 g/mol. The van der Waals surface area contributed by atoms with E-state index in [1.165, 1.54) is 11.8 Å². The molecular weight excluding hydrogens is 479 g/mol. The lowest BCUT2D eigenvalue weighted by molar-refractivity contribution is -0.141. The molecule has 1 fully saturated rings. The Morgan fingerprint density at radius 3 is 2.65 bits per heavy atom. The number of piperazine rings is 1. The Labute approximate surface area is 198 Å². The second-order valence-corrected chi connectivity index (χ2v) is 7.95. The van der Waals surface area contributed by atoms with Gasteiger partial charge < -0.3 is 25.0 Å². The standard InChI is InChI=1S/C21H23ClF3N5O4/c1-3-13-8-14(30-7-6-29(20(32)33)10-15(30)11-34-12(2)31)4-5-17(13)27-19-26-9-16(18(22)28-19)21(23,24)25/h4-5,8-9,15H,3,6-7,10-11H2,1-2H3,(H,32,33)(H,26,27,28)/t15-/m1/s1. The molecule has 3 rings (SSSR count). The Morgan fingerprint density at radius 2 is 2.06 bits per heavy atom. The quantitative estimate of drug-likeness (QED) is 0.448. The van der Waals surface area contributed by atoms with E-state index in [1.54, 1.807) is 12.1 Å². The number of benzene rings is 1. The minimum atomic E-state index is -4.65. The summed E-state index contributed by atoms with van der Waals surface area (Å²) < 4.78 is 43.8. The van der Waals surface area contributed by atoms with Crippen molar-refractivity contribution < 1.29 is 32.6 Å². The molecule has 2 heterocycles. The summed E-state index contributed by atoms with van der Waals surface area (Å²) in [5.74, 6) is -0.542. The Hall–Kier alpha value is -3.28. The van der Waals surface area contributed by atoms with Crippen LogP contribution in [0.15, 0.2) is 24.4 Å². The molecular formula is C21H23ClF3N5O4. The van der Waals surface area contributed by atoms with Gasteiger partial charge in [0.05, 0.1) is 6.04 Å². The number of nitrogens with zero attached hydrogens (tertiary/aromatic N) is 4. The first kappa shape index (κ1) is 25.3. The SMILES string of the molecule is CCc1cc(N2CCN(C(=O)O)C[C@@H]2COC(C)=O)ccc1Nc1ncc(C(F)(F)F)c(Cl)n1. The van der Waals surface area contributed by atoms with Gasteiger partial charge >= 0.3 is 18.2 Å². The van der Waals surface area contributed by atoms with Gasteiger partial charge in [-0.25, -0.2) is 14.8 Å². The molecule has 13 heteroatoms. The number of nitrogens with one attached hydrogen (secondary N) is 1. The fraction of sp³-hybridized carbons (Fsp3) is 0.429. The van der Waals surface area contributed by atoms with E-state index >= 15 is 0 Å². The van der Waals surface area contributed by atoms with Crippen LogP contribution >= 0.6 is 11.6 Å². The molecule has 0 radical (unpaired) electrons. The normalized spacial score (nSPS) is 16.4. The van der Waals surface area contributed by atoms with Crippen molar-refractivity contribution in [3.05, 3.63) is 40.7 Å². The molecule has 1 saturated heterocycles. The van der Waals surface area contributed by atoms with Gasteiger partial charge in [-0.15, -0.1) is 0 Å². The van der Waals surface area contributed by atoms with Gasteiger partial charge in [0, 0.05) is 44.1 Å². The lowest BCUT2D eigenvalue weighted by Gasteiger charge is -2.41. The molecule has 2 aromatic rings. The Morgan fingerprint density at radius 1 is 1.32 bits per heavy atom. The molecule has 0 saturated carbocycles. The first-order chi connectivity index (χ1) is 16.0. The molecule has 1 aliphatic rings. The van der Waals surface area contributed by atoms with E-state index in [1.807, 2.05) is 17.9 Å². The van der Waals surface area contributed by atoms with Crippen molar-refractivity contribution in [1.82, 2.24) is 14.9 Å². The van der Waals surface area contributed by atoms with Gasteiger partial charge in [0.2, 0.25) is 5.95 Å². The maximum atomic E-state index is 12.9. The lowest BCUT2D eigenvalue weighted by atomic mass is 10.1. The number of carbonyl (C=O) groups excluding carboxylic acids is 1. The number of aryl methyl sites for hydroxylation is 1. The van der Waals surface area contributed by atoms with E-state index < -0.39 is 29.0 Å². The van der Waals surface area contributed by atoms with Crippen molar-refractivity contribution in [2.45, 2.75) is 32.5 Å². The Kier molecular flexibility index (Phi) is 7.70. The van der Waals surface area contributed by atoms with Crippen molar-refractivity contribution in [1.29, 1.82) is 0 Å². The summed E-state index contributed by atoms with van der Waals surface area (Å²) in [7, 11) is 0. The number of rotatable bonds is 6. The average molecular weight is 502 g/mol. The molecule has 2 N–H and O–H groups in total. The minimum Gasteiger partial charge on any atom is -0.465 e. The highest BCUT2D eigenvalue weighted by Crippen LogP contribution is 2.34. The molecule has 0 aliphatic carbocycles. The minimum absolute atomic E-state index is 0.0263. The zero-order valence-electron chi connectivity index (χ0n) is 18.4. The zero-order valence-corrected chi connectivity index (χ0v) is 19.2. The third kappa shape index (κ3) is 5.99. The van der Waals surface area contributed by atoms with E-state index in [0.29, 0.717) is 24.8 Å². The van der Waals surface area contributed by atoms with Crippen molar-refractivity contribution in [3.63, 3.8) is 0 Å². The summed E-state index contributed by atoms with van der Waals surface area (Å²) in [5, 5.41) is 11.5. The number of ether oxygens (including phenoxy) is 1. The second kappa shape index (κ2) is 10.3. The molecule has 0 unspecified atom stereocenters. The fourth-order valence-electron chi connectivity index (χ4n) is 3.63. The molecule has 9 nitrogen and oxygen atoms in total. The summed E-state index contributed by atoms with van der Waals surface area (Å²) >= 11 is 5.68. The van der Waals surface area contributed by atoms with Crippen LogP contribution in [0.25, 0.3) is 0 Å². The van der Waals surface area contributed by atoms with E-state index in [0.717, 1.165) is 11.3 Å². The van der Waals surface area contributed by atoms with Crippen molar-refractivity contribution in [2.75, 3.05) is 36.5 Å². The van der Waals surface area contributed by atoms with Crippen LogP contribution in [0.3, 0.4) is 0 Å². The highest BCUT2D eigenvalue weighted by atomic mass is 35.5. The maximum absolute atomic E-state index is 12.9. The predicted molar refractivity (Wildman–Crippen MR) is 119 cm³/mol. The zero-order chi connectivity index (χ0) is 25.0. The third-order valence-corrected chi connectivity index (χ3v) is 5.62. The van der Waals surface area contributed by atoms with Gasteiger partial charge in [0.1, 0.15) is 17.3 Å². The van der Waals surface area contributed by atoms with Crippen LogP contribution in [0.1, 0.15) is 25.0 Å². The Bertz CT molecular complexity index is 1070. The maximum Gasteiger partial charge on any atom is 0.420 e. The molecule has 184 valence electrons. The summed E-state index contributed by atoms with van der Waals surface area (Å²) in [6, 6.07) is 5.01. The molecule has 1 aromatic carbocycles. The summed E-state index contributed by atoms with van der Waals surface area (Å²) in [6.45, 7) is 4.06. The number of halogens is 4. The molecule has 1 aliphatic heterocycles. The Balaban J connectivity index is 1.84. The van der Waals surface area contributed by atoms with E-state index in [2.05, 4.69) is 15.3 Å². The number of esters is 1. The first-order valence-electron chi connectivity index (χ1n) is 10.4. The van der Waals surface area contributed by atoms with E-state index in [-0.39, 0.29) is 31.7 Å². The second-order valence-electron chi connectivity index (χ2n) is 7.59. The van der Waals surface area contributed by atoms with Gasteiger partial charge in [-0.05, 0) is 30.2 Å². The molecule has 34 heavy (non-hydrogen) atoms. The van der Waals surface area contributed by atoms with Crippen LogP contribution in [-0.4, -0.2) is 64.3 Å². The summed E-state index contributed by atoms with van der Waals surface area (Å²) in [5.41, 5.74) is 1.08. The largest absolute Gasteiger partial charge is 0.465 e. The summed E-state index contributed by atoms with van der Waals surface area (Å²) in [6.07, 6.45) is -4.50. The fourth-order valence-corrected chi connectivity index (χ4v) is 3.87. The van der Waals surface area contributed by atoms with Crippen LogP contribution < -0.4 is 10.2 Å². The number of carbonyl (C=O) groups is 2. The smallest absolute Gasteiger partial charge is 0.420 e. The highest BCUT2D eigenvalue weighted by Gasteiger charge is 2.35. The van der Waals surface area contributed by atoms with Gasteiger partial charge in [-0.1, -0.05) is 18.5 Å². The van der Waals surface area contributed by atoms with E-state index in [9.17, 15) is 27.9 Å². The molecule has 0 bridgehead atoms. The number of amides is 1. The lowest BCUT2D eigenvalue weighted by Crippen LogP contribution is -2.56. The van der Waals surface area contributed by atoms with Crippen LogP contribution in [0.5, 0.6) is 0 Å². The molecule has 1 atom stereocenters. The van der Waals surface area contributed by atoms with Crippen LogP contribution in [0.4, 0.5) is 35.3 Å². The van der Waals surface area contributed by atoms with Crippen molar-refractivity contribution in [2.24, 2.45) is 0 Å². The van der Waals surface area contributed by atoms with Gasteiger partial charge in [0.25, 0.3) is 0 Å². The topological polar surface area (TPSA) is 108 Å².